The Balaban J connectivity index is 1.79. The Morgan fingerprint density at radius 3 is 3.00 bits per heavy atom. The summed E-state index contributed by atoms with van der Waals surface area (Å²) in [4.78, 5) is 8.42. The summed E-state index contributed by atoms with van der Waals surface area (Å²) in [6.07, 6.45) is 2.66. The van der Waals surface area contributed by atoms with E-state index in [0.29, 0.717) is 5.56 Å². The molecule has 0 aliphatic heterocycles. The number of hydrogen-bond acceptors (Lipinski definition) is 4. The molecule has 0 unspecified atom stereocenters. The van der Waals surface area contributed by atoms with Crippen LogP contribution in [0.15, 0.2) is 36.5 Å². The van der Waals surface area contributed by atoms with Crippen LogP contribution in [0.5, 0.6) is 0 Å². The van der Waals surface area contributed by atoms with Crippen molar-refractivity contribution in [3.63, 3.8) is 0 Å². The number of benzene rings is 1. The minimum atomic E-state index is 0.700. The van der Waals surface area contributed by atoms with Crippen molar-refractivity contribution in [2.75, 3.05) is 6.54 Å². The van der Waals surface area contributed by atoms with Crippen molar-refractivity contribution in [3.05, 3.63) is 59.2 Å². The summed E-state index contributed by atoms with van der Waals surface area (Å²) in [6.45, 7) is 3.51. The number of hydrogen-bond donors (Lipinski definition) is 1. The first-order valence-electron chi connectivity index (χ1n) is 6.26. The molecule has 1 aromatic carbocycles. The van der Waals surface area contributed by atoms with Crippen LogP contribution < -0.4 is 5.32 Å². The van der Waals surface area contributed by atoms with Gasteiger partial charge in [0.15, 0.2) is 0 Å². The summed E-state index contributed by atoms with van der Waals surface area (Å²) in [7, 11) is 0. The van der Waals surface area contributed by atoms with Gasteiger partial charge in [-0.1, -0.05) is 12.1 Å². The van der Waals surface area contributed by atoms with Crippen molar-refractivity contribution in [1.29, 1.82) is 5.26 Å². The molecule has 19 heavy (non-hydrogen) atoms. The average Bonchev–Trinajstić information content (AvgIpc) is 2.44. The van der Waals surface area contributed by atoms with Gasteiger partial charge in [0.25, 0.3) is 0 Å². The molecule has 1 N–H and O–H groups in total. The van der Waals surface area contributed by atoms with Gasteiger partial charge in [-0.25, -0.2) is 9.97 Å². The molecule has 4 heteroatoms. The minimum absolute atomic E-state index is 0.700. The zero-order valence-corrected chi connectivity index (χ0v) is 10.9. The average molecular weight is 252 g/mol. The van der Waals surface area contributed by atoms with E-state index in [4.69, 9.17) is 5.26 Å². The maximum Gasteiger partial charge on any atom is 0.125 e. The van der Waals surface area contributed by atoms with Crippen LogP contribution in [0, 0.1) is 18.3 Å². The van der Waals surface area contributed by atoms with Crippen LogP contribution in [0.3, 0.4) is 0 Å². The van der Waals surface area contributed by atoms with Gasteiger partial charge in [-0.15, -0.1) is 0 Å². The van der Waals surface area contributed by atoms with Crippen molar-refractivity contribution in [2.45, 2.75) is 19.9 Å². The smallest absolute Gasteiger partial charge is 0.125 e. The van der Waals surface area contributed by atoms with E-state index >= 15 is 0 Å². The zero-order valence-electron chi connectivity index (χ0n) is 10.9. The van der Waals surface area contributed by atoms with Crippen molar-refractivity contribution in [3.8, 4) is 6.07 Å². The lowest BCUT2D eigenvalue weighted by molar-refractivity contribution is 0.677. The lowest BCUT2D eigenvalue weighted by Gasteiger charge is -2.05. The highest BCUT2D eigenvalue weighted by molar-refractivity contribution is 5.32. The maximum absolute atomic E-state index is 8.82. The molecule has 0 aliphatic rings. The molecule has 4 nitrogen and oxygen atoms in total. The highest BCUT2D eigenvalue weighted by Crippen LogP contribution is 2.03. The van der Waals surface area contributed by atoms with E-state index in [1.165, 1.54) is 0 Å². The van der Waals surface area contributed by atoms with Crippen molar-refractivity contribution < 1.29 is 0 Å². The van der Waals surface area contributed by atoms with Crippen LogP contribution in [0.1, 0.15) is 22.6 Å². The largest absolute Gasteiger partial charge is 0.312 e. The van der Waals surface area contributed by atoms with E-state index in [2.05, 4.69) is 21.4 Å². The molecule has 2 rings (SSSR count). The second-order valence-electron chi connectivity index (χ2n) is 4.33. The summed E-state index contributed by atoms with van der Waals surface area (Å²) < 4.78 is 0. The molecule has 0 bridgehead atoms. The molecule has 0 radical (unpaired) electrons. The SMILES string of the molecule is Cc1nccc(CCNCc2cccc(C#N)c2)n1. The van der Waals surface area contributed by atoms with Gasteiger partial charge in [0.1, 0.15) is 5.82 Å². The van der Waals surface area contributed by atoms with Crippen LogP contribution in [0.25, 0.3) is 0 Å². The summed E-state index contributed by atoms with van der Waals surface area (Å²) in [5.74, 6) is 0.805. The van der Waals surface area contributed by atoms with E-state index in [0.717, 1.165) is 36.6 Å². The topological polar surface area (TPSA) is 61.6 Å². The Bertz CT molecular complexity index is 587. The van der Waals surface area contributed by atoms with E-state index < -0.39 is 0 Å². The molecule has 0 amide bonds. The van der Waals surface area contributed by atoms with E-state index in [1.54, 1.807) is 6.20 Å². The molecular weight excluding hydrogens is 236 g/mol. The Kier molecular flexibility index (Phi) is 4.60. The molecule has 96 valence electrons. The van der Waals surface area contributed by atoms with Gasteiger partial charge in [-0.3, -0.25) is 0 Å². The molecule has 0 spiro atoms. The highest BCUT2D eigenvalue weighted by atomic mass is 14.9. The molecule has 2 aromatic rings. The van der Waals surface area contributed by atoms with E-state index in [-0.39, 0.29) is 0 Å². The first-order valence-corrected chi connectivity index (χ1v) is 6.26. The summed E-state index contributed by atoms with van der Waals surface area (Å²) in [5, 5.41) is 12.2. The molecule has 0 aliphatic carbocycles. The molecule has 1 heterocycles. The Morgan fingerprint density at radius 1 is 1.32 bits per heavy atom. The number of aromatic nitrogens is 2. The van der Waals surface area contributed by atoms with Crippen molar-refractivity contribution in [1.82, 2.24) is 15.3 Å². The first-order chi connectivity index (χ1) is 9.28. The number of nitrogens with zero attached hydrogens (tertiary/aromatic N) is 3. The van der Waals surface area contributed by atoms with Gasteiger partial charge in [-0.05, 0) is 30.7 Å². The predicted octanol–water partition coefficient (Wildman–Crippen LogP) is 1.99. The third kappa shape index (κ3) is 4.16. The lowest BCUT2D eigenvalue weighted by atomic mass is 10.1. The minimum Gasteiger partial charge on any atom is -0.312 e. The van der Waals surface area contributed by atoms with Gasteiger partial charge in [0.05, 0.1) is 11.6 Å². The van der Waals surface area contributed by atoms with Crippen molar-refractivity contribution in [2.24, 2.45) is 0 Å². The van der Waals surface area contributed by atoms with Crippen LogP contribution in [-0.2, 0) is 13.0 Å². The van der Waals surface area contributed by atoms with Crippen LogP contribution in [0.2, 0.25) is 0 Å². The number of aryl methyl sites for hydroxylation is 1. The quantitative estimate of drug-likeness (QED) is 0.827. The Hall–Kier alpha value is -2.25. The van der Waals surface area contributed by atoms with Crippen molar-refractivity contribution >= 4 is 0 Å². The Morgan fingerprint density at radius 2 is 2.21 bits per heavy atom. The number of nitriles is 1. The summed E-state index contributed by atoms with van der Waals surface area (Å²) >= 11 is 0. The molecule has 1 aromatic heterocycles. The molecule has 0 fully saturated rings. The van der Waals surface area contributed by atoms with Gasteiger partial charge in [0, 0.05) is 31.4 Å². The maximum atomic E-state index is 8.82. The fraction of sp³-hybridized carbons (Fsp3) is 0.267. The van der Waals surface area contributed by atoms with Gasteiger partial charge in [0.2, 0.25) is 0 Å². The number of nitrogens with one attached hydrogen (secondary N) is 1. The summed E-state index contributed by atoms with van der Waals surface area (Å²) in [5.41, 5.74) is 2.87. The third-order valence-corrected chi connectivity index (χ3v) is 2.78. The zero-order chi connectivity index (χ0) is 13.5. The van der Waals surface area contributed by atoms with Crippen LogP contribution in [-0.4, -0.2) is 16.5 Å². The second-order valence-corrected chi connectivity index (χ2v) is 4.33. The molecular formula is C15H16N4. The molecule has 0 saturated carbocycles. The fourth-order valence-corrected chi connectivity index (χ4v) is 1.84. The summed E-state index contributed by atoms with van der Waals surface area (Å²) in [6, 6.07) is 11.7. The Labute approximate surface area is 113 Å². The predicted molar refractivity (Wildman–Crippen MR) is 73.3 cm³/mol. The number of rotatable bonds is 5. The molecule has 0 saturated heterocycles. The second kappa shape index (κ2) is 6.62. The lowest BCUT2D eigenvalue weighted by Crippen LogP contribution is -2.17. The van der Waals surface area contributed by atoms with Crippen LogP contribution >= 0.6 is 0 Å². The van der Waals surface area contributed by atoms with E-state index in [9.17, 15) is 0 Å². The normalized spacial score (nSPS) is 10.1. The van der Waals surface area contributed by atoms with Gasteiger partial charge >= 0.3 is 0 Å². The fourth-order valence-electron chi connectivity index (χ4n) is 1.84. The third-order valence-electron chi connectivity index (χ3n) is 2.78. The standard InChI is InChI=1S/C15H16N4/c1-12-18-8-6-15(19-12)5-7-17-11-14-4-2-3-13(9-14)10-16/h2-4,6,8-9,17H,5,7,11H2,1H3. The molecule has 0 atom stereocenters. The van der Waals surface area contributed by atoms with Gasteiger partial charge < -0.3 is 5.32 Å². The van der Waals surface area contributed by atoms with Gasteiger partial charge in [-0.2, -0.15) is 5.26 Å². The monoisotopic (exact) mass is 252 g/mol. The first kappa shape index (κ1) is 13.2. The van der Waals surface area contributed by atoms with E-state index in [1.807, 2.05) is 37.3 Å². The van der Waals surface area contributed by atoms with Crippen LogP contribution in [0.4, 0.5) is 0 Å². The highest BCUT2D eigenvalue weighted by Gasteiger charge is 1.97.